The van der Waals surface area contributed by atoms with Crippen LogP contribution in [-0.2, 0) is 0 Å². The molecule has 39 heavy (non-hydrogen) atoms. The number of rotatable bonds is 4. The number of hydrogen-bond donors (Lipinski definition) is 0. The first-order valence-corrected chi connectivity index (χ1v) is 14.5. The maximum absolute atomic E-state index is 5.03. The van der Waals surface area contributed by atoms with E-state index >= 15 is 0 Å². The molecule has 3 nitrogen and oxygen atoms in total. The number of benzene rings is 4. The molecule has 0 amide bonds. The summed E-state index contributed by atoms with van der Waals surface area (Å²) in [7, 11) is 0. The second-order valence-corrected chi connectivity index (χ2v) is 11.5. The van der Waals surface area contributed by atoms with Crippen LogP contribution in [-0.4, -0.2) is 14.5 Å². The van der Waals surface area contributed by atoms with Crippen molar-refractivity contribution in [2.75, 3.05) is 0 Å². The second kappa shape index (κ2) is 9.02. The Hall–Kier alpha value is -4.58. The van der Waals surface area contributed by atoms with Gasteiger partial charge in [0.1, 0.15) is 5.01 Å². The minimum Gasteiger partial charge on any atom is -0.309 e. The molecule has 0 aliphatic rings. The van der Waals surface area contributed by atoms with Crippen LogP contribution in [0.3, 0.4) is 0 Å². The predicted molar refractivity (Wildman–Crippen MR) is 166 cm³/mol. The number of hydrogen-bond acceptors (Lipinski definition) is 4. The van der Waals surface area contributed by atoms with Crippen molar-refractivity contribution in [3.8, 4) is 38.0 Å². The summed E-state index contributed by atoms with van der Waals surface area (Å²) in [6.45, 7) is 0. The van der Waals surface area contributed by atoms with Crippen molar-refractivity contribution in [2.24, 2.45) is 0 Å². The van der Waals surface area contributed by atoms with Crippen LogP contribution < -0.4 is 0 Å². The van der Waals surface area contributed by atoms with Gasteiger partial charge in [0.15, 0.2) is 0 Å². The molecule has 0 unspecified atom stereocenters. The van der Waals surface area contributed by atoms with Crippen LogP contribution in [0.15, 0.2) is 127 Å². The van der Waals surface area contributed by atoms with E-state index in [1.807, 2.05) is 18.3 Å². The summed E-state index contributed by atoms with van der Waals surface area (Å²) in [6.07, 6.45) is 1.84. The zero-order valence-corrected chi connectivity index (χ0v) is 22.4. The molecule has 0 saturated carbocycles. The van der Waals surface area contributed by atoms with Crippen molar-refractivity contribution in [1.29, 1.82) is 0 Å². The highest BCUT2D eigenvalue weighted by Crippen LogP contribution is 2.38. The van der Waals surface area contributed by atoms with Gasteiger partial charge in [0.2, 0.25) is 0 Å². The molecular formula is C34H21N3S2. The number of para-hydroxylation sites is 1. The van der Waals surface area contributed by atoms with Crippen LogP contribution in [0, 0.1) is 0 Å². The zero-order chi connectivity index (χ0) is 25.8. The third-order valence-corrected chi connectivity index (χ3v) is 9.17. The van der Waals surface area contributed by atoms with Crippen LogP contribution >= 0.6 is 22.7 Å². The molecule has 8 rings (SSSR count). The third-order valence-electron chi connectivity index (χ3n) is 7.18. The fourth-order valence-electron chi connectivity index (χ4n) is 5.36. The highest BCUT2D eigenvalue weighted by Gasteiger charge is 2.15. The Labute approximate surface area is 233 Å². The van der Waals surface area contributed by atoms with Crippen molar-refractivity contribution < 1.29 is 0 Å². The lowest BCUT2D eigenvalue weighted by Crippen LogP contribution is -1.95. The van der Waals surface area contributed by atoms with Gasteiger partial charge in [-0.15, -0.1) is 22.7 Å². The number of nitrogens with zero attached hydrogens (tertiary/aromatic N) is 3. The minimum atomic E-state index is 0.970. The first-order chi connectivity index (χ1) is 19.3. The summed E-state index contributed by atoms with van der Waals surface area (Å²) in [6, 6.07) is 40.9. The van der Waals surface area contributed by atoms with E-state index in [4.69, 9.17) is 4.98 Å². The minimum absolute atomic E-state index is 0.970. The second-order valence-electron chi connectivity index (χ2n) is 9.53. The number of thiophene rings is 1. The summed E-state index contributed by atoms with van der Waals surface area (Å²) < 4.78 is 3.57. The van der Waals surface area contributed by atoms with Crippen LogP contribution in [0.25, 0.3) is 70.0 Å². The Morgan fingerprint density at radius 1 is 0.615 bits per heavy atom. The quantitative estimate of drug-likeness (QED) is 0.224. The lowest BCUT2D eigenvalue weighted by Gasteiger charge is -2.10. The molecule has 0 radical (unpaired) electrons. The standard InChI is InChI=1S/C34H21N3S2/c1-2-11-30-26(9-1)27-15-13-24(34-36-29-16-14-23(21-33(29)39-34)32-12-6-18-38-32)20-31(27)37(30)25-8-5-7-22(19-25)28-10-3-4-17-35-28/h1-21H. The van der Waals surface area contributed by atoms with Crippen molar-refractivity contribution in [1.82, 2.24) is 14.5 Å². The van der Waals surface area contributed by atoms with Crippen molar-refractivity contribution >= 4 is 54.7 Å². The number of thiazole rings is 1. The lowest BCUT2D eigenvalue weighted by molar-refractivity contribution is 1.18. The van der Waals surface area contributed by atoms with E-state index in [1.165, 1.54) is 36.9 Å². The fourth-order valence-corrected chi connectivity index (χ4v) is 7.09. The van der Waals surface area contributed by atoms with E-state index in [0.29, 0.717) is 0 Å². The molecule has 0 aliphatic carbocycles. The van der Waals surface area contributed by atoms with Crippen molar-refractivity contribution in [3.63, 3.8) is 0 Å². The molecular weight excluding hydrogens is 515 g/mol. The summed E-state index contributed by atoms with van der Waals surface area (Å²) in [5, 5.41) is 5.64. The Balaban J connectivity index is 1.31. The van der Waals surface area contributed by atoms with Gasteiger partial charge in [-0.1, -0.05) is 60.7 Å². The third kappa shape index (κ3) is 3.78. The summed E-state index contributed by atoms with van der Waals surface area (Å²) in [5.41, 5.74) is 8.96. The highest BCUT2D eigenvalue weighted by molar-refractivity contribution is 7.21. The number of fused-ring (bicyclic) bond motifs is 4. The molecule has 0 atom stereocenters. The van der Waals surface area contributed by atoms with Crippen LogP contribution in [0.1, 0.15) is 0 Å². The molecule has 184 valence electrons. The predicted octanol–water partition coefficient (Wildman–Crippen LogP) is 9.85. The van der Waals surface area contributed by atoms with Gasteiger partial charge in [-0.2, -0.15) is 0 Å². The summed E-state index contributed by atoms with van der Waals surface area (Å²) in [4.78, 5) is 10.9. The molecule has 0 bridgehead atoms. The molecule has 4 heterocycles. The summed E-state index contributed by atoms with van der Waals surface area (Å²) >= 11 is 3.52. The van der Waals surface area contributed by atoms with Gasteiger partial charge in [0, 0.05) is 38.7 Å². The monoisotopic (exact) mass is 535 g/mol. The average Bonchev–Trinajstić information content (AvgIpc) is 3.75. The Morgan fingerprint density at radius 3 is 2.41 bits per heavy atom. The first-order valence-electron chi connectivity index (χ1n) is 12.8. The molecule has 0 spiro atoms. The normalized spacial score (nSPS) is 11.6. The highest BCUT2D eigenvalue weighted by atomic mass is 32.1. The van der Waals surface area contributed by atoms with Crippen molar-refractivity contribution in [3.05, 3.63) is 127 Å². The van der Waals surface area contributed by atoms with E-state index in [2.05, 4.69) is 118 Å². The van der Waals surface area contributed by atoms with Gasteiger partial charge in [-0.25, -0.2) is 4.98 Å². The van der Waals surface area contributed by atoms with Gasteiger partial charge in [-0.3, -0.25) is 4.98 Å². The van der Waals surface area contributed by atoms with Gasteiger partial charge < -0.3 is 4.57 Å². The molecule has 0 aliphatic heterocycles. The fraction of sp³-hybridized carbons (Fsp3) is 0. The Morgan fingerprint density at radius 2 is 1.51 bits per heavy atom. The van der Waals surface area contributed by atoms with Crippen molar-refractivity contribution in [2.45, 2.75) is 0 Å². The van der Waals surface area contributed by atoms with E-state index in [0.717, 1.165) is 33.0 Å². The first kappa shape index (κ1) is 22.4. The maximum Gasteiger partial charge on any atom is 0.124 e. The number of aromatic nitrogens is 3. The molecule has 4 aromatic carbocycles. The van der Waals surface area contributed by atoms with Gasteiger partial charge >= 0.3 is 0 Å². The van der Waals surface area contributed by atoms with Gasteiger partial charge in [0.05, 0.1) is 26.9 Å². The van der Waals surface area contributed by atoms with Crippen LogP contribution in [0.2, 0.25) is 0 Å². The van der Waals surface area contributed by atoms with E-state index < -0.39 is 0 Å². The molecule has 4 aromatic heterocycles. The number of pyridine rings is 1. The largest absolute Gasteiger partial charge is 0.309 e. The van der Waals surface area contributed by atoms with Gasteiger partial charge in [0.25, 0.3) is 0 Å². The van der Waals surface area contributed by atoms with Crippen LogP contribution in [0.4, 0.5) is 0 Å². The van der Waals surface area contributed by atoms with E-state index in [1.54, 1.807) is 22.7 Å². The van der Waals surface area contributed by atoms with E-state index in [9.17, 15) is 0 Å². The average molecular weight is 536 g/mol. The topological polar surface area (TPSA) is 30.7 Å². The smallest absolute Gasteiger partial charge is 0.124 e. The molecule has 5 heteroatoms. The Kier molecular flexibility index (Phi) is 5.18. The molecule has 8 aromatic rings. The molecule has 0 N–H and O–H groups in total. The summed E-state index contributed by atoms with van der Waals surface area (Å²) in [5.74, 6) is 0. The molecule has 0 saturated heterocycles. The molecule has 0 fully saturated rings. The SMILES string of the molecule is c1ccc(-c2cccc(-n3c4ccccc4c4ccc(-c5nc6ccc(-c7cccs7)cc6s5)cc43)c2)nc1. The van der Waals surface area contributed by atoms with E-state index in [-0.39, 0.29) is 0 Å². The van der Waals surface area contributed by atoms with Gasteiger partial charge in [-0.05, 0) is 65.5 Å². The maximum atomic E-state index is 5.03. The zero-order valence-electron chi connectivity index (χ0n) is 20.8. The Bertz CT molecular complexity index is 2120. The lowest BCUT2D eigenvalue weighted by atomic mass is 10.1. The van der Waals surface area contributed by atoms with Crippen LogP contribution in [0.5, 0.6) is 0 Å².